The van der Waals surface area contributed by atoms with Crippen molar-refractivity contribution in [2.75, 3.05) is 59.4 Å². The fourth-order valence-electron chi connectivity index (χ4n) is 3.42. The molecule has 0 bridgehead atoms. The fourth-order valence-corrected chi connectivity index (χ4v) is 3.63. The van der Waals surface area contributed by atoms with E-state index in [1.54, 1.807) is 0 Å². The first-order valence-corrected chi connectivity index (χ1v) is 10.7. The molecule has 1 fully saturated rings. The summed E-state index contributed by atoms with van der Waals surface area (Å²) in [5, 5.41) is 4.18. The third-order valence-corrected chi connectivity index (χ3v) is 5.30. The number of aliphatic imine (C=N–C) groups is 1. The number of hydrogen-bond acceptors (Lipinski definition) is 3. The van der Waals surface area contributed by atoms with Gasteiger partial charge in [0, 0.05) is 57.9 Å². The Morgan fingerprint density at radius 3 is 2.50 bits per heavy atom. The molecule has 1 heterocycles. The van der Waals surface area contributed by atoms with E-state index >= 15 is 0 Å². The number of nitrogens with one attached hydrogen (secondary N) is 1. The number of unbranched alkanes of at least 4 members (excludes halogenated alkanes) is 1. The lowest BCUT2D eigenvalue weighted by atomic mass is 10.2. The first-order chi connectivity index (χ1) is 13.1. The second-order valence-corrected chi connectivity index (χ2v) is 7.64. The molecule has 28 heavy (non-hydrogen) atoms. The number of nitrogens with zero attached hydrogens (tertiary/aromatic N) is 4. The van der Waals surface area contributed by atoms with E-state index in [1.165, 1.54) is 51.3 Å². The van der Waals surface area contributed by atoms with E-state index in [-0.39, 0.29) is 24.0 Å². The number of benzene rings is 1. The van der Waals surface area contributed by atoms with Crippen LogP contribution in [0, 0.1) is 0 Å². The summed E-state index contributed by atoms with van der Waals surface area (Å²) < 4.78 is 0. The van der Waals surface area contributed by atoms with Gasteiger partial charge in [-0.2, -0.15) is 0 Å². The molecule has 7 heteroatoms. The smallest absolute Gasteiger partial charge is 0.193 e. The van der Waals surface area contributed by atoms with Gasteiger partial charge in [-0.1, -0.05) is 30.7 Å². The van der Waals surface area contributed by atoms with Gasteiger partial charge in [0.25, 0.3) is 0 Å². The van der Waals surface area contributed by atoms with Crippen molar-refractivity contribution in [1.29, 1.82) is 0 Å². The molecule has 0 saturated carbocycles. The molecule has 0 amide bonds. The lowest BCUT2D eigenvalue weighted by Gasteiger charge is -2.33. The van der Waals surface area contributed by atoms with E-state index in [0.29, 0.717) is 0 Å². The van der Waals surface area contributed by atoms with Crippen LogP contribution >= 0.6 is 35.6 Å². The monoisotopic (exact) mass is 521 g/mol. The van der Waals surface area contributed by atoms with Crippen LogP contribution in [-0.4, -0.2) is 80.1 Å². The third kappa shape index (κ3) is 9.29. The van der Waals surface area contributed by atoms with Crippen molar-refractivity contribution in [1.82, 2.24) is 20.0 Å². The number of hydrogen-bond donors (Lipinski definition) is 1. The lowest BCUT2D eigenvalue weighted by molar-refractivity contribution is 0.136. The number of piperazine rings is 1. The van der Waals surface area contributed by atoms with Gasteiger partial charge in [0.2, 0.25) is 0 Å². The van der Waals surface area contributed by atoms with Crippen LogP contribution in [0.1, 0.15) is 32.3 Å². The van der Waals surface area contributed by atoms with E-state index in [1.807, 2.05) is 18.2 Å². The van der Waals surface area contributed by atoms with Crippen LogP contribution in [0.3, 0.4) is 0 Å². The molecule has 1 aromatic rings. The van der Waals surface area contributed by atoms with Gasteiger partial charge in [0.05, 0.1) is 0 Å². The van der Waals surface area contributed by atoms with Gasteiger partial charge in [0.1, 0.15) is 0 Å². The molecule has 1 aliphatic heterocycles. The van der Waals surface area contributed by atoms with Gasteiger partial charge < -0.3 is 20.0 Å². The second-order valence-electron chi connectivity index (χ2n) is 7.20. The summed E-state index contributed by atoms with van der Waals surface area (Å²) in [5.74, 6) is 0.967. The Morgan fingerprint density at radius 2 is 1.86 bits per heavy atom. The van der Waals surface area contributed by atoms with E-state index in [0.717, 1.165) is 37.0 Å². The zero-order chi connectivity index (χ0) is 19.5. The lowest BCUT2D eigenvalue weighted by Crippen LogP contribution is -2.46. The molecular weight excluding hydrogens is 485 g/mol. The minimum absolute atomic E-state index is 0. The summed E-state index contributed by atoms with van der Waals surface area (Å²) in [6.45, 7) is 14.1. The van der Waals surface area contributed by atoms with Gasteiger partial charge >= 0.3 is 0 Å². The summed E-state index contributed by atoms with van der Waals surface area (Å²) in [5.41, 5.74) is 1.20. The Morgan fingerprint density at radius 1 is 1.14 bits per heavy atom. The average Bonchev–Trinajstić information content (AvgIpc) is 2.67. The molecule has 0 unspecified atom stereocenters. The Labute approximate surface area is 193 Å². The Kier molecular flexibility index (Phi) is 13.1. The summed E-state index contributed by atoms with van der Waals surface area (Å²) >= 11 is 6.10. The van der Waals surface area contributed by atoms with Crippen LogP contribution in [0.2, 0.25) is 5.02 Å². The first kappa shape index (κ1) is 25.5. The Balaban J connectivity index is 0.00000392. The maximum atomic E-state index is 6.10. The van der Waals surface area contributed by atoms with Crippen molar-refractivity contribution >= 4 is 41.5 Å². The van der Waals surface area contributed by atoms with Crippen molar-refractivity contribution in [3.05, 3.63) is 34.9 Å². The predicted molar refractivity (Wildman–Crippen MR) is 132 cm³/mol. The summed E-state index contributed by atoms with van der Waals surface area (Å²) in [6.07, 6.45) is 2.35. The average molecular weight is 522 g/mol. The molecule has 0 spiro atoms. The summed E-state index contributed by atoms with van der Waals surface area (Å²) in [7, 11) is 2.08. The van der Waals surface area contributed by atoms with Crippen LogP contribution in [0.5, 0.6) is 0 Å². The zero-order valence-electron chi connectivity index (χ0n) is 17.7. The van der Waals surface area contributed by atoms with Gasteiger partial charge in [-0.3, -0.25) is 4.99 Å². The van der Waals surface area contributed by atoms with Crippen molar-refractivity contribution < 1.29 is 0 Å². The summed E-state index contributed by atoms with van der Waals surface area (Å²) in [4.78, 5) is 12.1. The molecule has 2 rings (SSSR count). The maximum Gasteiger partial charge on any atom is 0.193 e. The normalized spacial score (nSPS) is 15.9. The highest BCUT2D eigenvalue weighted by atomic mass is 127. The van der Waals surface area contributed by atoms with Crippen molar-refractivity contribution in [2.24, 2.45) is 4.99 Å². The molecular formula is C21H37ClIN5. The minimum Gasteiger partial charge on any atom is -0.357 e. The standard InChI is InChI=1S/C21H36ClN5.HI/c1-4-23-21(25(3)18-19-9-8-10-20(22)17-19)24-11-6-7-12-27-15-13-26(5-2)14-16-27;/h8-10,17H,4-7,11-16,18H2,1-3H3,(H,23,24);1H. The first-order valence-electron chi connectivity index (χ1n) is 10.3. The minimum atomic E-state index is 0. The van der Waals surface area contributed by atoms with Crippen LogP contribution in [-0.2, 0) is 6.54 Å². The van der Waals surface area contributed by atoms with E-state index < -0.39 is 0 Å². The van der Waals surface area contributed by atoms with Crippen LogP contribution in [0.25, 0.3) is 0 Å². The van der Waals surface area contributed by atoms with E-state index in [4.69, 9.17) is 16.6 Å². The molecule has 0 atom stereocenters. The molecule has 0 aliphatic carbocycles. The fraction of sp³-hybridized carbons (Fsp3) is 0.667. The Bertz CT molecular complexity index is 576. The van der Waals surface area contributed by atoms with Crippen molar-refractivity contribution in [3.63, 3.8) is 0 Å². The van der Waals surface area contributed by atoms with Crippen LogP contribution < -0.4 is 5.32 Å². The topological polar surface area (TPSA) is 34.1 Å². The predicted octanol–water partition coefficient (Wildman–Crippen LogP) is 3.77. The van der Waals surface area contributed by atoms with Crippen molar-refractivity contribution in [3.8, 4) is 0 Å². The highest BCUT2D eigenvalue weighted by molar-refractivity contribution is 14.0. The third-order valence-electron chi connectivity index (χ3n) is 5.06. The number of likely N-dealkylation sites (N-methyl/N-ethyl adjacent to an activating group) is 1. The SMILES string of the molecule is CCNC(=NCCCCN1CCN(CC)CC1)N(C)Cc1cccc(Cl)c1.I. The Hall–Kier alpha value is -0.570. The molecule has 1 saturated heterocycles. The van der Waals surface area contributed by atoms with Gasteiger partial charge in [0.15, 0.2) is 5.96 Å². The molecule has 1 aliphatic rings. The van der Waals surface area contributed by atoms with E-state index in [9.17, 15) is 0 Å². The summed E-state index contributed by atoms with van der Waals surface area (Å²) in [6, 6.07) is 8.02. The molecule has 5 nitrogen and oxygen atoms in total. The molecule has 1 aromatic carbocycles. The highest BCUT2D eigenvalue weighted by Gasteiger charge is 2.14. The van der Waals surface area contributed by atoms with Crippen molar-refractivity contribution in [2.45, 2.75) is 33.2 Å². The molecule has 0 radical (unpaired) electrons. The van der Waals surface area contributed by atoms with Crippen LogP contribution in [0.4, 0.5) is 0 Å². The van der Waals surface area contributed by atoms with E-state index in [2.05, 4.69) is 47.0 Å². The second kappa shape index (κ2) is 14.4. The quantitative estimate of drug-likeness (QED) is 0.232. The van der Waals surface area contributed by atoms with Gasteiger partial charge in [-0.05, 0) is 50.6 Å². The maximum absolute atomic E-state index is 6.10. The number of rotatable bonds is 9. The highest BCUT2D eigenvalue weighted by Crippen LogP contribution is 2.12. The number of guanidine groups is 1. The van der Waals surface area contributed by atoms with Gasteiger partial charge in [-0.25, -0.2) is 0 Å². The zero-order valence-corrected chi connectivity index (χ0v) is 20.7. The number of halogens is 2. The molecule has 1 N–H and O–H groups in total. The van der Waals surface area contributed by atoms with Gasteiger partial charge in [-0.15, -0.1) is 24.0 Å². The largest absolute Gasteiger partial charge is 0.357 e. The molecule has 160 valence electrons. The molecule has 0 aromatic heterocycles. The van der Waals surface area contributed by atoms with Crippen LogP contribution in [0.15, 0.2) is 29.3 Å².